The van der Waals surface area contributed by atoms with Crippen LogP contribution >= 0.6 is 23.2 Å². The molecular formula is C24H25Cl2NO3. The molecule has 3 aromatic rings. The molecule has 6 heteroatoms. The number of ether oxygens (including phenoxy) is 1. The summed E-state index contributed by atoms with van der Waals surface area (Å²) in [5, 5.41) is 4.96. The lowest BCUT2D eigenvalue weighted by atomic mass is 9.96. The Labute approximate surface area is 186 Å². The fourth-order valence-electron chi connectivity index (χ4n) is 3.45. The van der Waals surface area contributed by atoms with Gasteiger partial charge in [-0.1, -0.05) is 36.2 Å². The number of allylic oxidation sites excluding steroid dienone is 1. The first-order chi connectivity index (χ1) is 14.3. The fourth-order valence-corrected chi connectivity index (χ4v) is 3.96. The van der Waals surface area contributed by atoms with Crippen LogP contribution in [0, 0.1) is 6.92 Å². The summed E-state index contributed by atoms with van der Waals surface area (Å²) in [5.74, 6) is 0.547. The Hall–Kier alpha value is -2.43. The molecule has 0 aliphatic carbocycles. The van der Waals surface area contributed by atoms with Gasteiger partial charge in [-0.25, -0.2) is 0 Å². The molecule has 0 aliphatic heterocycles. The number of carbonyl (C=O) groups is 1. The Bertz CT molecular complexity index is 1130. The first-order valence-corrected chi connectivity index (χ1v) is 10.6. The smallest absolute Gasteiger partial charge is 0.244 e. The highest BCUT2D eigenvalue weighted by Gasteiger charge is 2.20. The monoisotopic (exact) mass is 445 g/mol. The SMILES string of the molecule is CCC(C)NC(=O)/C=C(\C)c1cc2c(-c3ccc(Cl)cc3Cl)coc2c(C)c1OC. The third-order valence-corrected chi connectivity index (χ3v) is 5.79. The van der Waals surface area contributed by atoms with Crippen LogP contribution in [0.1, 0.15) is 38.3 Å². The third-order valence-electron chi connectivity index (χ3n) is 5.24. The minimum Gasteiger partial charge on any atom is -0.496 e. The summed E-state index contributed by atoms with van der Waals surface area (Å²) >= 11 is 12.5. The largest absolute Gasteiger partial charge is 0.496 e. The first-order valence-electron chi connectivity index (χ1n) is 9.80. The van der Waals surface area contributed by atoms with Gasteiger partial charge in [0.15, 0.2) is 0 Å². The molecule has 1 N–H and O–H groups in total. The van der Waals surface area contributed by atoms with E-state index >= 15 is 0 Å². The van der Waals surface area contributed by atoms with E-state index in [0.717, 1.165) is 39.6 Å². The molecule has 0 saturated heterocycles. The average molecular weight is 446 g/mol. The lowest BCUT2D eigenvalue weighted by Gasteiger charge is -2.14. The number of nitrogens with one attached hydrogen (secondary N) is 1. The molecule has 0 spiro atoms. The minimum atomic E-state index is -0.130. The topological polar surface area (TPSA) is 51.5 Å². The number of hydrogen-bond donors (Lipinski definition) is 1. The predicted molar refractivity (Wildman–Crippen MR) is 125 cm³/mol. The number of methoxy groups -OCH3 is 1. The van der Waals surface area contributed by atoms with Crippen molar-refractivity contribution in [2.24, 2.45) is 0 Å². The van der Waals surface area contributed by atoms with Crippen LogP contribution in [0.4, 0.5) is 0 Å². The minimum absolute atomic E-state index is 0.111. The van der Waals surface area contributed by atoms with Gasteiger partial charge in [-0.3, -0.25) is 4.79 Å². The molecule has 3 rings (SSSR count). The zero-order valence-electron chi connectivity index (χ0n) is 17.7. The Morgan fingerprint density at radius 3 is 2.63 bits per heavy atom. The van der Waals surface area contributed by atoms with Crippen LogP contribution < -0.4 is 10.1 Å². The molecule has 0 radical (unpaired) electrons. The number of benzene rings is 2. The van der Waals surface area contributed by atoms with Gasteiger partial charge in [0.2, 0.25) is 5.91 Å². The van der Waals surface area contributed by atoms with E-state index in [9.17, 15) is 4.79 Å². The van der Waals surface area contributed by atoms with Gasteiger partial charge in [0, 0.05) is 44.8 Å². The molecule has 1 unspecified atom stereocenters. The molecule has 2 aromatic carbocycles. The molecule has 1 heterocycles. The van der Waals surface area contributed by atoms with Gasteiger partial charge >= 0.3 is 0 Å². The molecule has 0 fully saturated rings. The van der Waals surface area contributed by atoms with Gasteiger partial charge < -0.3 is 14.5 Å². The Kier molecular flexibility index (Phi) is 6.79. The Balaban J connectivity index is 2.16. The number of furan rings is 1. The van der Waals surface area contributed by atoms with Crippen molar-refractivity contribution in [3.05, 3.63) is 57.8 Å². The molecule has 1 atom stereocenters. The lowest BCUT2D eigenvalue weighted by molar-refractivity contribution is -0.117. The number of aryl methyl sites for hydroxylation is 1. The van der Waals surface area contributed by atoms with Crippen LogP contribution in [-0.2, 0) is 4.79 Å². The van der Waals surface area contributed by atoms with Crippen molar-refractivity contribution < 1.29 is 13.9 Å². The van der Waals surface area contributed by atoms with Crippen LogP contribution in [0.15, 0.2) is 41.0 Å². The van der Waals surface area contributed by atoms with Crippen molar-refractivity contribution in [1.82, 2.24) is 5.32 Å². The van der Waals surface area contributed by atoms with E-state index in [1.165, 1.54) is 0 Å². The van der Waals surface area contributed by atoms with E-state index in [0.29, 0.717) is 21.4 Å². The summed E-state index contributed by atoms with van der Waals surface area (Å²) in [4.78, 5) is 12.4. The Morgan fingerprint density at radius 2 is 2.00 bits per heavy atom. The number of fused-ring (bicyclic) bond motifs is 1. The molecular weight excluding hydrogens is 421 g/mol. The van der Waals surface area contributed by atoms with E-state index < -0.39 is 0 Å². The van der Waals surface area contributed by atoms with Crippen LogP contribution in [0.25, 0.3) is 27.7 Å². The van der Waals surface area contributed by atoms with Crippen LogP contribution in [0.2, 0.25) is 10.0 Å². The lowest BCUT2D eigenvalue weighted by Crippen LogP contribution is -2.30. The summed E-state index contributed by atoms with van der Waals surface area (Å²) in [7, 11) is 1.62. The van der Waals surface area contributed by atoms with E-state index in [1.54, 1.807) is 31.6 Å². The van der Waals surface area contributed by atoms with Crippen molar-refractivity contribution in [3.63, 3.8) is 0 Å². The van der Waals surface area contributed by atoms with Crippen molar-refractivity contribution in [2.75, 3.05) is 7.11 Å². The quantitative estimate of drug-likeness (QED) is 0.413. The maximum absolute atomic E-state index is 12.4. The second-order valence-corrected chi connectivity index (χ2v) is 8.22. The van der Waals surface area contributed by atoms with Crippen LogP contribution in [0.5, 0.6) is 5.75 Å². The second kappa shape index (κ2) is 9.15. The summed E-state index contributed by atoms with van der Waals surface area (Å²) < 4.78 is 11.5. The van der Waals surface area contributed by atoms with Crippen LogP contribution in [-0.4, -0.2) is 19.1 Å². The van der Waals surface area contributed by atoms with E-state index in [1.807, 2.05) is 39.8 Å². The van der Waals surface area contributed by atoms with Gasteiger partial charge in [0.05, 0.1) is 18.4 Å². The zero-order valence-corrected chi connectivity index (χ0v) is 19.2. The molecule has 0 bridgehead atoms. The number of amides is 1. The van der Waals surface area contributed by atoms with Crippen molar-refractivity contribution in [1.29, 1.82) is 0 Å². The highest BCUT2D eigenvalue weighted by atomic mass is 35.5. The van der Waals surface area contributed by atoms with Gasteiger partial charge in [-0.2, -0.15) is 0 Å². The standard InChI is InChI=1S/C24H25Cl2NO3/c1-6-14(3)27-22(28)9-13(2)18-11-19-20(17-8-7-16(25)10-21(17)26)12-30-24(19)15(4)23(18)29-5/h7-12,14H,6H2,1-5H3,(H,27,28)/b13-9+. The highest BCUT2D eigenvalue weighted by Crippen LogP contribution is 2.42. The summed E-state index contributed by atoms with van der Waals surface area (Å²) in [6, 6.07) is 7.46. The van der Waals surface area contributed by atoms with Crippen molar-refractivity contribution in [3.8, 4) is 16.9 Å². The molecule has 1 aromatic heterocycles. The molecule has 1 amide bonds. The molecule has 30 heavy (non-hydrogen) atoms. The van der Waals surface area contributed by atoms with Gasteiger partial charge in [0.25, 0.3) is 0 Å². The summed E-state index contributed by atoms with van der Waals surface area (Å²) in [5.41, 5.74) is 4.88. The summed E-state index contributed by atoms with van der Waals surface area (Å²) in [6.45, 7) is 7.85. The number of rotatable bonds is 6. The fraction of sp³-hybridized carbons (Fsp3) is 0.292. The molecule has 0 saturated carbocycles. The second-order valence-electron chi connectivity index (χ2n) is 7.38. The van der Waals surface area contributed by atoms with Gasteiger partial charge in [-0.15, -0.1) is 0 Å². The normalized spacial score (nSPS) is 12.8. The molecule has 4 nitrogen and oxygen atoms in total. The predicted octanol–water partition coefficient (Wildman–Crippen LogP) is 7.04. The molecule has 0 aliphatic rings. The maximum atomic E-state index is 12.4. The Morgan fingerprint density at radius 1 is 1.27 bits per heavy atom. The third kappa shape index (κ3) is 4.35. The van der Waals surface area contributed by atoms with Gasteiger partial charge in [0.1, 0.15) is 11.3 Å². The summed E-state index contributed by atoms with van der Waals surface area (Å²) in [6.07, 6.45) is 4.16. The number of carbonyl (C=O) groups excluding carboxylic acids is 1. The average Bonchev–Trinajstić information content (AvgIpc) is 3.11. The first kappa shape index (κ1) is 22.3. The van der Waals surface area contributed by atoms with Crippen molar-refractivity contribution >= 4 is 45.7 Å². The van der Waals surface area contributed by atoms with Crippen LogP contribution in [0.3, 0.4) is 0 Å². The van der Waals surface area contributed by atoms with E-state index in [4.69, 9.17) is 32.4 Å². The molecule has 158 valence electrons. The highest BCUT2D eigenvalue weighted by molar-refractivity contribution is 6.36. The number of hydrogen-bond acceptors (Lipinski definition) is 3. The van der Waals surface area contributed by atoms with E-state index in [-0.39, 0.29) is 11.9 Å². The maximum Gasteiger partial charge on any atom is 0.244 e. The van der Waals surface area contributed by atoms with Gasteiger partial charge in [-0.05, 0) is 51.0 Å². The zero-order chi connectivity index (χ0) is 22.0. The van der Waals surface area contributed by atoms with E-state index in [2.05, 4.69) is 5.32 Å². The van der Waals surface area contributed by atoms with Crippen molar-refractivity contribution in [2.45, 2.75) is 40.2 Å². The number of halogens is 2.